The second kappa shape index (κ2) is 5.94. The third-order valence-electron chi connectivity index (χ3n) is 4.34. The lowest BCUT2D eigenvalue weighted by atomic mass is 9.93. The highest BCUT2D eigenvalue weighted by Crippen LogP contribution is 2.23. The van der Waals surface area contributed by atoms with Gasteiger partial charge in [-0.05, 0) is 44.0 Å². The number of carbonyl (C=O) groups is 1. The summed E-state index contributed by atoms with van der Waals surface area (Å²) in [5.41, 5.74) is 2.44. The Labute approximate surface area is 120 Å². The summed E-state index contributed by atoms with van der Waals surface area (Å²) in [7, 11) is 2.12. The highest BCUT2D eigenvalue weighted by molar-refractivity contribution is 5.84. The van der Waals surface area contributed by atoms with E-state index in [2.05, 4.69) is 40.8 Å². The number of likely N-dealkylation sites (tertiary alicyclic amines) is 1. The number of nitrogens with zero attached hydrogens (tertiary/aromatic N) is 1. The number of hydrogen-bond donors (Lipinski definition) is 2. The standard InChI is InChI=1S/C16H23N3O/c1-19-10-4-6-13(11-19)18-16(20)15-14-7-3-2-5-12(14)8-9-17-15/h2-3,5,7,13,15,17H,4,6,8-11H2,1H3,(H,18,20). The summed E-state index contributed by atoms with van der Waals surface area (Å²) >= 11 is 0. The molecule has 2 aliphatic heterocycles. The Morgan fingerprint density at radius 1 is 1.40 bits per heavy atom. The van der Waals surface area contributed by atoms with Crippen molar-refractivity contribution in [3.63, 3.8) is 0 Å². The van der Waals surface area contributed by atoms with Crippen LogP contribution in [0.15, 0.2) is 24.3 Å². The van der Waals surface area contributed by atoms with Crippen molar-refractivity contribution >= 4 is 5.91 Å². The van der Waals surface area contributed by atoms with Crippen molar-refractivity contribution in [2.75, 3.05) is 26.7 Å². The fourth-order valence-electron chi connectivity index (χ4n) is 3.31. The molecule has 0 spiro atoms. The van der Waals surface area contributed by atoms with E-state index in [9.17, 15) is 4.79 Å². The molecule has 4 nitrogen and oxygen atoms in total. The van der Waals surface area contributed by atoms with E-state index in [4.69, 9.17) is 0 Å². The Balaban J connectivity index is 1.69. The SMILES string of the molecule is CN1CCCC(NC(=O)C2NCCc3ccccc32)C1. The number of fused-ring (bicyclic) bond motifs is 1. The number of carbonyl (C=O) groups excluding carboxylic acids is 1. The maximum atomic E-state index is 12.5. The molecule has 1 fully saturated rings. The number of hydrogen-bond acceptors (Lipinski definition) is 3. The molecule has 1 aromatic carbocycles. The summed E-state index contributed by atoms with van der Waals surface area (Å²) in [6.45, 7) is 2.97. The minimum atomic E-state index is -0.188. The van der Waals surface area contributed by atoms with Gasteiger partial charge in [0, 0.05) is 19.1 Å². The van der Waals surface area contributed by atoms with E-state index in [-0.39, 0.29) is 18.0 Å². The van der Waals surface area contributed by atoms with Gasteiger partial charge in [-0.25, -0.2) is 0 Å². The number of likely N-dealkylation sites (N-methyl/N-ethyl adjacent to an activating group) is 1. The molecule has 0 aromatic heterocycles. The van der Waals surface area contributed by atoms with E-state index >= 15 is 0 Å². The van der Waals surface area contributed by atoms with Crippen molar-refractivity contribution in [2.24, 2.45) is 0 Å². The molecule has 0 radical (unpaired) electrons. The lowest BCUT2D eigenvalue weighted by molar-refractivity contribution is -0.124. The van der Waals surface area contributed by atoms with Crippen molar-refractivity contribution in [1.82, 2.24) is 15.5 Å². The fourth-order valence-corrected chi connectivity index (χ4v) is 3.31. The molecule has 20 heavy (non-hydrogen) atoms. The van der Waals surface area contributed by atoms with Crippen LogP contribution >= 0.6 is 0 Å². The zero-order valence-electron chi connectivity index (χ0n) is 12.1. The molecule has 2 aliphatic rings. The lowest BCUT2D eigenvalue weighted by Crippen LogP contribution is -2.50. The number of benzene rings is 1. The summed E-state index contributed by atoms with van der Waals surface area (Å²) in [5.74, 6) is 0.123. The molecule has 0 bridgehead atoms. The first-order valence-corrected chi connectivity index (χ1v) is 7.54. The quantitative estimate of drug-likeness (QED) is 0.847. The molecule has 1 saturated heterocycles. The topological polar surface area (TPSA) is 44.4 Å². The van der Waals surface area contributed by atoms with Crippen LogP contribution in [-0.4, -0.2) is 43.5 Å². The molecule has 2 N–H and O–H groups in total. The molecular weight excluding hydrogens is 250 g/mol. The first kappa shape index (κ1) is 13.6. The number of rotatable bonds is 2. The summed E-state index contributed by atoms with van der Waals surface area (Å²) in [6.07, 6.45) is 3.26. The van der Waals surface area contributed by atoms with Gasteiger partial charge in [0.1, 0.15) is 6.04 Å². The molecule has 0 aliphatic carbocycles. The Hall–Kier alpha value is -1.39. The van der Waals surface area contributed by atoms with Gasteiger partial charge in [-0.2, -0.15) is 0 Å². The molecule has 1 amide bonds. The van der Waals surface area contributed by atoms with Gasteiger partial charge in [0.05, 0.1) is 0 Å². The van der Waals surface area contributed by atoms with Gasteiger partial charge in [-0.3, -0.25) is 4.79 Å². The predicted molar refractivity (Wildman–Crippen MR) is 79.6 cm³/mol. The van der Waals surface area contributed by atoms with E-state index in [1.165, 1.54) is 5.56 Å². The molecular formula is C16H23N3O. The second-order valence-corrected chi connectivity index (χ2v) is 5.95. The van der Waals surface area contributed by atoms with Crippen LogP contribution in [0.2, 0.25) is 0 Å². The second-order valence-electron chi connectivity index (χ2n) is 5.95. The summed E-state index contributed by atoms with van der Waals surface area (Å²) < 4.78 is 0. The van der Waals surface area contributed by atoms with E-state index in [0.29, 0.717) is 0 Å². The normalized spacial score (nSPS) is 26.9. The number of piperidine rings is 1. The smallest absolute Gasteiger partial charge is 0.242 e. The highest BCUT2D eigenvalue weighted by Gasteiger charge is 2.28. The Morgan fingerprint density at radius 3 is 3.10 bits per heavy atom. The fraction of sp³-hybridized carbons (Fsp3) is 0.562. The van der Waals surface area contributed by atoms with E-state index in [0.717, 1.165) is 44.5 Å². The summed E-state index contributed by atoms with van der Waals surface area (Å²) in [4.78, 5) is 14.8. The largest absolute Gasteiger partial charge is 0.350 e. The van der Waals surface area contributed by atoms with Crippen LogP contribution in [0.3, 0.4) is 0 Å². The predicted octanol–water partition coefficient (Wildman–Crippen LogP) is 1.08. The van der Waals surface area contributed by atoms with E-state index < -0.39 is 0 Å². The van der Waals surface area contributed by atoms with Gasteiger partial charge < -0.3 is 15.5 Å². The third-order valence-corrected chi connectivity index (χ3v) is 4.34. The van der Waals surface area contributed by atoms with Gasteiger partial charge in [0.15, 0.2) is 0 Å². The maximum absolute atomic E-state index is 12.5. The van der Waals surface area contributed by atoms with E-state index in [1.54, 1.807) is 0 Å². The van der Waals surface area contributed by atoms with Gasteiger partial charge in [0.2, 0.25) is 5.91 Å². The lowest BCUT2D eigenvalue weighted by Gasteiger charge is -2.32. The molecule has 108 valence electrons. The molecule has 2 heterocycles. The average molecular weight is 273 g/mol. The van der Waals surface area contributed by atoms with Crippen LogP contribution in [-0.2, 0) is 11.2 Å². The Morgan fingerprint density at radius 2 is 2.25 bits per heavy atom. The minimum absolute atomic E-state index is 0.123. The van der Waals surface area contributed by atoms with Crippen LogP contribution < -0.4 is 10.6 Å². The van der Waals surface area contributed by atoms with Crippen LogP contribution in [0.1, 0.15) is 30.0 Å². The number of amides is 1. The summed E-state index contributed by atoms with van der Waals surface area (Å²) in [6, 6.07) is 8.36. The molecule has 1 aromatic rings. The third kappa shape index (κ3) is 2.86. The van der Waals surface area contributed by atoms with Gasteiger partial charge in [0.25, 0.3) is 0 Å². The van der Waals surface area contributed by atoms with Crippen LogP contribution in [0.4, 0.5) is 0 Å². The average Bonchev–Trinajstić information content (AvgIpc) is 2.46. The van der Waals surface area contributed by atoms with Crippen molar-refractivity contribution in [3.05, 3.63) is 35.4 Å². The first-order valence-electron chi connectivity index (χ1n) is 7.54. The molecule has 2 unspecified atom stereocenters. The van der Waals surface area contributed by atoms with Gasteiger partial charge >= 0.3 is 0 Å². The van der Waals surface area contributed by atoms with Crippen molar-refractivity contribution in [3.8, 4) is 0 Å². The van der Waals surface area contributed by atoms with Crippen LogP contribution in [0.25, 0.3) is 0 Å². The van der Waals surface area contributed by atoms with Crippen LogP contribution in [0, 0.1) is 0 Å². The monoisotopic (exact) mass is 273 g/mol. The van der Waals surface area contributed by atoms with Crippen LogP contribution in [0.5, 0.6) is 0 Å². The molecule has 0 saturated carbocycles. The molecule has 2 atom stereocenters. The van der Waals surface area contributed by atoms with Gasteiger partial charge in [-0.15, -0.1) is 0 Å². The zero-order chi connectivity index (χ0) is 13.9. The molecule has 4 heteroatoms. The van der Waals surface area contributed by atoms with Crippen molar-refractivity contribution < 1.29 is 4.79 Å². The zero-order valence-corrected chi connectivity index (χ0v) is 12.1. The van der Waals surface area contributed by atoms with Gasteiger partial charge in [-0.1, -0.05) is 24.3 Å². The number of nitrogens with one attached hydrogen (secondary N) is 2. The Bertz CT molecular complexity index is 488. The Kier molecular flexibility index (Phi) is 4.03. The van der Waals surface area contributed by atoms with Crippen molar-refractivity contribution in [1.29, 1.82) is 0 Å². The molecule has 3 rings (SSSR count). The summed E-state index contributed by atoms with van der Waals surface area (Å²) in [5, 5.41) is 6.57. The first-order chi connectivity index (χ1) is 9.74. The maximum Gasteiger partial charge on any atom is 0.242 e. The van der Waals surface area contributed by atoms with Crippen molar-refractivity contribution in [2.45, 2.75) is 31.3 Å². The highest BCUT2D eigenvalue weighted by atomic mass is 16.2. The van der Waals surface area contributed by atoms with E-state index in [1.807, 2.05) is 6.07 Å². The minimum Gasteiger partial charge on any atom is -0.350 e.